The largest absolute Gasteiger partial charge is 0.491 e. The standard InChI is InChI=1S/C15H18N4O/c1-2-6-19(5-1)7-8-20-14-3-4-15(18-11-14)13-9-16-12-17-10-13/h3-4,9-12H,1-2,5-8H2/i5D,6D. The molecule has 3 heterocycles. The molecule has 0 aromatic carbocycles. The normalized spacial score (nSPS) is 24.2. The second kappa shape index (κ2) is 6.43. The van der Waals surface area contributed by atoms with E-state index in [2.05, 4.69) is 15.0 Å². The molecule has 0 N–H and O–H groups in total. The van der Waals surface area contributed by atoms with Crippen LogP contribution in [-0.4, -0.2) is 46.0 Å². The molecule has 20 heavy (non-hydrogen) atoms. The molecule has 5 heteroatoms. The molecule has 5 nitrogen and oxygen atoms in total. The van der Waals surface area contributed by atoms with Gasteiger partial charge in [0.2, 0.25) is 0 Å². The highest BCUT2D eigenvalue weighted by Gasteiger charge is 2.10. The van der Waals surface area contributed by atoms with Crippen molar-refractivity contribution < 1.29 is 7.48 Å². The van der Waals surface area contributed by atoms with E-state index >= 15 is 0 Å². The van der Waals surface area contributed by atoms with Crippen LogP contribution in [-0.2, 0) is 0 Å². The van der Waals surface area contributed by atoms with Crippen LogP contribution < -0.4 is 4.74 Å². The highest BCUT2D eigenvalue weighted by Crippen LogP contribution is 2.17. The molecule has 0 saturated carbocycles. The molecule has 104 valence electrons. The van der Waals surface area contributed by atoms with E-state index in [0.717, 1.165) is 24.1 Å². The minimum atomic E-state index is -0.273. The number of ether oxygens (including phenoxy) is 1. The van der Waals surface area contributed by atoms with Crippen LogP contribution in [0.3, 0.4) is 0 Å². The van der Waals surface area contributed by atoms with Crippen molar-refractivity contribution in [2.45, 2.75) is 12.8 Å². The first-order chi connectivity index (χ1) is 10.7. The Morgan fingerprint density at radius 1 is 1.15 bits per heavy atom. The zero-order valence-electron chi connectivity index (χ0n) is 13.1. The van der Waals surface area contributed by atoms with E-state index < -0.39 is 0 Å². The van der Waals surface area contributed by atoms with Gasteiger partial charge in [0.15, 0.2) is 0 Å². The Hall–Kier alpha value is -2.01. The van der Waals surface area contributed by atoms with Gasteiger partial charge in [-0.3, -0.25) is 9.88 Å². The summed E-state index contributed by atoms with van der Waals surface area (Å²) in [6, 6.07) is 3.72. The molecule has 2 atom stereocenters. The number of rotatable bonds is 5. The summed E-state index contributed by atoms with van der Waals surface area (Å²) >= 11 is 0. The van der Waals surface area contributed by atoms with Gasteiger partial charge in [0.25, 0.3) is 0 Å². The van der Waals surface area contributed by atoms with Gasteiger partial charge in [0, 0.05) is 27.2 Å². The summed E-state index contributed by atoms with van der Waals surface area (Å²) in [5.74, 6) is 0.683. The Kier molecular flexibility index (Phi) is 3.45. The van der Waals surface area contributed by atoms with Crippen LogP contribution in [0.4, 0.5) is 0 Å². The van der Waals surface area contributed by atoms with Crippen molar-refractivity contribution in [3.8, 4) is 17.0 Å². The molecule has 0 radical (unpaired) electrons. The molecule has 1 aliphatic rings. The van der Waals surface area contributed by atoms with Gasteiger partial charge in [-0.05, 0) is 38.0 Å². The Morgan fingerprint density at radius 3 is 2.65 bits per heavy atom. The Labute approximate surface area is 121 Å². The summed E-state index contributed by atoms with van der Waals surface area (Å²) in [5, 5.41) is 0. The summed E-state index contributed by atoms with van der Waals surface area (Å²) in [7, 11) is 0. The molecule has 0 aliphatic carbocycles. The van der Waals surface area contributed by atoms with Gasteiger partial charge < -0.3 is 4.74 Å². The van der Waals surface area contributed by atoms with Crippen molar-refractivity contribution in [2.75, 3.05) is 26.2 Å². The van der Waals surface area contributed by atoms with E-state index in [4.69, 9.17) is 7.48 Å². The van der Waals surface area contributed by atoms with Crippen molar-refractivity contribution >= 4 is 0 Å². The molecule has 1 fully saturated rings. The average molecular weight is 272 g/mol. The number of hydrogen-bond acceptors (Lipinski definition) is 5. The molecule has 1 saturated heterocycles. The van der Waals surface area contributed by atoms with Crippen molar-refractivity contribution in [3.63, 3.8) is 0 Å². The van der Waals surface area contributed by atoms with Crippen LogP contribution in [0.1, 0.15) is 15.6 Å². The molecule has 0 amide bonds. The molecular weight excluding hydrogens is 252 g/mol. The van der Waals surface area contributed by atoms with E-state index in [-0.39, 0.29) is 13.0 Å². The lowest BCUT2D eigenvalue weighted by Gasteiger charge is -2.14. The predicted octanol–water partition coefficient (Wildman–Crippen LogP) is 2.01. The van der Waals surface area contributed by atoms with E-state index in [9.17, 15) is 0 Å². The number of pyridine rings is 1. The van der Waals surface area contributed by atoms with E-state index in [0.29, 0.717) is 18.9 Å². The maximum absolute atomic E-state index is 7.85. The molecule has 0 bridgehead atoms. The lowest BCUT2D eigenvalue weighted by atomic mass is 10.2. The first kappa shape index (κ1) is 10.7. The van der Waals surface area contributed by atoms with Gasteiger partial charge >= 0.3 is 0 Å². The van der Waals surface area contributed by atoms with Crippen LogP contribution in [0.2, 0.25) is 0 Å². The minimum Gasteiger partial charge on any atom is -0.491 e. The van der Waals surface area contributed by atoms with Crippen molar-refractivity contribution in [1.82, 2.24) is 19.9 Å². The monoisotopic (exact) mass is 272 g/mol. The SMILES string of the molecule is [2H]C1CCC([2H])N1CCOc1ccc(-c2cncnc2)nc1. The van der Waals surface area contributed by atoms with Crippen molar-refractivity contribution in [2.24, 2.45) is 0 Å². The van der Waals surface area contributed by atoms with Gasteiger partial charge in [0.05, 0.1) is 11.9 Å². The van der Waals surface area contributed by atoms with Crippen LogP contribution in [0.25, 0.3) is 11.3 Å². The molecule has 2 aromatic heterocycles. The molecular formula is C15H18N4O. The van der Waals surface area contributed by atoms with Crippen LogP contribution in [0.15, 0.2) is 37.1 Å². The minimum absolute atomic E-state index is 0.273. The molecule has 2 aromatic rings. The smallest absolute Gasteiger partial charge is 0.137 e. The summed E-state index contributed by atoms with van der Waals surface area (Å²) in [4.78, 5) is 14.1. The number of aromatic nitrogens is 3. The maximum atomic E-state index is 7.85. The van der Waals surface area contributed by atoms with Crippen LogP contribution >= 0.6 is 0 Å². The first-order valence-corrected chi connectivity index (χ1v) is 6.68. The summed E-state index contributed by atoms with van der Waals surface area (Å²) in [5.41, 5.74) is 1.66. The van der Waals surface area contributed by atoms with Gasteiger partial charge in [-0.15, -0.1) is 0 Å². The van der Waals surface area contributed by atoms with Gasteiger partial charge in [-0.1, -0.05) is 0 Å². The summed E-state index contributed by atoms with van der Waals surface area (Å²) < 4.78 is 21.4. The highest BCUT2D eigenvalue weighted by molar-refractivity contribution is 5.56. The topological polar surface area (TPSA) is 51.1 Å². The Bertz CT molecular complexity index is 586. The number of hydrogen-bond donors (Lipinski definition) is 0. The second-order valence-electron chi connectivity index (χ2n) is 4.54. The molecule has 2 unspecified atom stereocenters. The first-order valence-electron chi connectivity index (χ1n) is 7.84. The fourth-order valence-corrected chi connectivity index (χ4v) is 2.07. The summed E-state index contributed by atoms with van der Waals surface area (Å²) in [6.45, 7) is 0.506. The third kappa shape index (κ3) is 3.30. The van der Waals surface area contributed by atoms with E-state index in [1.54, 1.807) is 18.6 Å². The fraction of sp³-hybridized carbons (Fsp3) is 0.400. The average Bonchev–Trinajstić information content (AvgIpc) is 2.88. The number of nitrogens with zero attached hydrogens (tertiary/aromatic N) is 4. The fourth-order valence-electron chi connectivity index (χ4n) is 2.07. The zero-order valence-corrected chi connectivity index (χ0v) is 11.1. The van der Waals surface area contributed by atoms with E-state index in [1.807, 2.05) is 17.0 Å². The number of likely N-dealkylation sites (tertiary alicyclic amines) is 1. The quantitative estimate of drug-likeness (QED) is 0.833. The molecule has 0 spiro atoms. The van der Waals surface area contributed by atoms with Crippen LogP contribution in [0, 0.1) is 0 Å². The predicted molar refractivity (Wildman–Crippen MR) is 76.4 cm³/mol. The van der Waals surface area contributed by atoms with Crippen molar-refractivity contribution in [1.29, 1.82) is 0 Å². The third-order valence-electron chi connectivity index (χ3n) is 3.10. The zero-order chi connectivity index (χ0) is 15.4. The molecule has 3 rings (SSSR count). The Morgan fingerprint density at radius 2 is 1.95 bits per heavy atom. The highest BCUT2D eigenvalue weighted by atomic mass is 16.5. The van der Waals surface area contributed by atoms with Crippen molar-refractivity contribution in [3.05, 3.63) is 37.1 Å². The van der Waals surface area contributed by atoms with E-state index in [1.165, 1.54) is 6.33 Å². The maximum Gasteiger partial charge on any atom is 0.137 e. The molecule has 1 aliphatic heterocycles. The Balaban J connectivity index is 1.53. The lowest BCUT2D eigenvalue weighted by Crippen LogP contribution is -2.25. The van der Waals surface area contributed by atoms with Gasteiger partial charge in [-0.2, -0.15) is 0 Å². The van der Waals surface area contributed by atoms with Gasteiger partial charge in [-0.25, -0.2) is 9.97 Å². The van der Waals surface area contributed by atoms with Gasteiger partial charge in [0.1, 0.15) is 18.7 Å². The second-order valence-corrected chi connectivity index (χ2v) is 4.54. The summed E-state index contributed by atoms with van der Waals surface area (Å²) in [6.07, 6.45) is 8.12. The van der Waals surface area contributed by atoms with Crippen LogP contribution in [0.5, 0.6) is 5.75 Å². The third-order valence-corrected chi connectivity index (χ3v) is 3.10. The lowest BCUT2D eigenvalue weighted by molar-refractivity contribution is 0.237.